The van der Waals surface area contributed by atoms with Crippen molar-refractivity contribution in [3.8, 4) is 5.75 Å². The molecule has 12 heteroatoms. The molecule has 0 bridgehead atoms. The van der Waals surface area contributed by atoms with Gasteiger partial charge in [0.1, 0.15) is 5.75 Å². The highest BCUT2D eigenvalue weighted by molar-refractivity contribution is 6.02. The summed E-state index contributed by atoms with van der Waals surface area (Å²) in [6, 6.07) is 18.1. The van der Waals surface area contributed by atoms with Gasteiger partial charge >= 0.3 is 12.2 Å². The van der Waals surface area contributed by atoms with Crippen LogP contribution in [0.15, 0.2) is 72.8 Å². The number of ether oxygens (including phenoxy) is 2. The van der Waals surface area contributed by atoms with Crippen molar-refractivity contribution in [3.63, 3.8) is 0 Å². The summed E-state index contributed by atoms with van der Waals surface area (Å²) < 4.78 is 51.8. The van der Waals surface area contributed by atoms with Crippen molar-refractivity contribution in [2.24, 2.45) is 5.92 Å². The van der Waals surface area contributed by atoms with E-state index in [1.54, 1.807) is 42.2 Å². The number of urea groups is 1. The molecule has 0 fully saturated rings. The van der Waals surface area contributed by atoms with Crippen molar-refractivity contribution >= 4 is 23.3 Å². The van der Waals surface area contributed by atoms with Crippen LogP contribution in [0.25, 0.3) is 0 Å². The third-order valence-electron chi connectivity index (χ3n) is 8.57. The molecular formula is C37H47F3N4O5. The summed E-state index contributed by atoms with van der Waals surface area (Å²) in [5.74, 6) is -0.163. The molecule has 266 valence electrons. The van der Waals surface area contributed by atoms with Crippen molar-refractivity contribution in [2.75, 3.05) is 44.0 Å². The highest BCUT2D eigenvalue weighted by atomic mass is 19.4. The Morgan fingerprint density at radius 3 is 2.39 bits per heavy atom. The molecule has 9 nitrogen and oxygen atoms in total. The van der Waals surface area contributed by atoms with Gasteiger partial charge in [0.2, 0.25) is 0 Å². The number of aliphatic hydroxyl groups excluding tert-OH is 1. The van der Waals surface area contributed by atoms with Crippen molar-refractivity contribution in [1.29, 1.82) is 0 Å². The normalized spacial score (nSPS) is 20.1. The SMILES string of the molecule is C[C@@H]1CCCCO[C@H](CN(C)Cc2ccc(C(F)(F)F)cc2)[C@H](C)CN([C@H](C)CO)C(=O)c2cc(NC(=O)Nc3ccccc3)ccc2O1. The van der Waals surface area contributed by atoms with Gasteiger partial charge in [0.05, 0.1) is 36.0 Å². The van der Waals surface area contributed by atoms with Crippen LogP contribution in [0.1, 0.15) is 61.5 Å². The molecule has 49 heavy (non-hydrogen) atoms. The molecule has 0 aromatic heterocycles. The van der Waals surface area contributed by atoms with E-state index in [0.29, 0.717) is 36.8 Å². The van der Waals surface area contributed by atoms with E-state index in [9.17, 15) is 27.9 Å². The van der Waals surface area contributed by atoms with Crippen LogP contribution in [0.4, 0.5) is 29.3 Å². The van der Waals surface area contributed by atoms with E-state index in [1.165, 1.54) is 12.1 Å². The maximum Gasteiger partial charge on any atom is 0.416 e. The fourth-order valence-corrected chi connectivity index (χ4v) is 5.76. The maximum absolute atomic E-state index is 14.3. The number of fused-ring (bicyclic) bond motifs is 1. The Morgan fingerprint density at radius 2 is 1.71 bits per heavy atom. The summed E-state index contributed by atoms with van der Waals surface area (Å²) in [6.45, 7) is 7.04. The zero-order valence-electron chi connectivity index (χ0n) is 28.5. The molecule has 3 N–H and O–H groups in total. The number of alkyl halides is 3. The summed E-state index contributed by atoms with van der Waals surface area (Å²) in [4.78, 5) is 30.7. The first kappa shape index (κ1) is 37.7. The first-order chi connectivity index (χ1) is 23.3. The van der Waals surface area contributed by atoms with Crippen LogP contribution in [-0.2, 0) is 17.5 Å². The van der Waals surface area contributed by atoms with Crippen LogP contribution in [0.5, 0.6) is 5.75 Å². The van der Waals surface area contributed by atoms with Crippen LogP contribution in [0, 0.1) is 5.92 Å². The number of anilines is 2. The fourth-order valence-electron chi connectivity index (χ4n) is 5.76. The second-order valence-corrected chi connectivity index (χ2v) is 12.8. The van der Waals surface area contributed by atoms with Crippen molar-refractivity contribution in [3.05, 3.63) is 89.5 Å². The third-order valence-corrected chi connectivity index (χ3v) is 8.57. The smallest absolute Gasteiger partial charge is 0.416 e. The largest absolute Gasteiger partial charge is 0.490 e. The van der Waals surface area contributed by atoms with Gasteiger partial charge in [-0.05, 0) is 88.2 Å². The monoisotopic (exact) mass is 684 g/mol. The minimum atomic E-state index is -4.40. The number of aliphatic hydroxyl groups is 1. The summed E-state index contributed by atoms with van der Waals surface area (Å²) in [6.07, 6.45) is -2.56. The first-order valence-electron chi connectivity index (χ1n) is 16.7. The lowest BCUT2D eigenvalue weighted by Gasteiger charge is -2.36. The number of carbonyl (C=O) groups excluding carboxylic acids is 2. The quantitative estimate of drug-likeness (QED) is 0.231. The van der Waals surface area contributed by atoms with Gasteiger partial charge in [0.25, 0.3) is 5.91 Å². The van der Waals surface area contributed by atoms with Gasteiger partial charge < -0.3 is 30.1 Å². The van der Waals surface area contributed by atoms with Crippen molar-refractivity contribution < 1.29 is 37.3 Å². The van der Waals surface area contributed by atoms with Gasteiger partial charge in [0, 0.05) is 43.5 Å². The second kappa shape index (κ2) is 17.5. The third kappa shape index (κ3) is 11.2. The average molecular weight is 685 g/mol. The number of amides is 3. The van der Waals surface area contributed by atoms with Gasteiger partial charge in [-0.3, -0.25) is 9.69 Å². The lowest BCUT2D eigenvalue weighted by molar-refractivity contribution is -0.137. The minimum Gasteiger partial charge on any atom is -0.490 e. The molecule has 0 unspecified atom stereocenters. The Hall–Kier alpha value is -4.13. The van der Waals surface area contributed by atoms with E-state index in [-0.39, 0.29) is 42.7 Å². The molecule has 3 aromatic rings. The predicted molar refractivity (Wildman–Crippen MR) is 184 cm³/mol. The van der Waals surface area contributed by atoms with E-state index in [0.717, 1.165) is 37.0 Å². The molecule has 0 aliphatic carbocycles. The molecular weight excluding hydrogens is 637 g/mol. The highest BCUT2D eigenvalue weighted by Gasteiger charge is 2.32. The summed E-state index contributed by atoms with van der Waals surface area (Å²) in [5, 5.41) is 15.8. The lowest BCUT2D eigenvalue weighted by Crippen LogP contribution is -2.47. The molecule has 0 spiro atoms. The number of rotatable bonds is 8. The van der Waals surface area contributed by atoms with Gasteiger partial charge in [-0.2, -0.15) is 13.2 Å². The Bertz CT molecular complexity index is 1510. The van der Waals surface area contributed by atoms with Crippen molar-refractivity contribution in [2.45, 2.75) is 71.0 Å². The molecule has 4 rings (SSSR count). The summed E-state index contributed by atoms with van der Waals surface area (Å²) >= 11 is 0. The number of hydrogen-bond donors (Lipinski definition) is 3. The fraction of sp³-hybridized carbons (Fsp3) is 0.459. The Morgan fingerprint density at radius 1 is 1.02 bits per heavy atom. The van der Waals surface area contributed by atoms with Gasteiger partial charge in [-0.15, -0.1) is 0 Å². The minimum absolute atomic E-state index is 0.183. The number of para-hydroxylation sites is 1. The number of nitrogens with zero attached hydrogens (tertiary/aromatic N) is 2. The molecule has 1 aliphatic rings. The Balaban J connectivity index is 1.56. The van der Waals surface area contributed by atoms with E-state index < -0.39 is 23.8 Å². The molecule has 3 aromatic carbocycles. The molecule has 1 heterocycles. The van der Waals surface area contributed by atoms with Crippen LogP contribution < -0.4 is 15.4 Å². The molecule has 1 aliphatic heterocycles. The summed E-state index contributed by atoms with van der Waals surface area (Å²) in [5.41, 5.74) is 1.32. The standard InChI is InChI=1S/C37H47F3N4O5/c1-25-21-44(26(2)24-45)35(46)32-20-31(42-36(47)41-30-11-6-5-7-12-30)17-18-33(32)49-27(3)10-8-9-19-48-34(25)23-43(4)22-28-13-15-29(16-14-28)37(38,39)40/h5-7,11-18,20,25-27,34,45H,8-10,19,21-24H2,1-4H3,(H2,41,42,47)/t25-,26-,27-,34-/m1/s1. The Kier molecular flexibility index (Phi) is 13.5. The van der Waals surface area contributed by atoms with Gasteiger partial charge in [-0.25, -0.2) is 4.79 Å². The first-order valence-corrected chi connectivity index (χ1v) is 16.7. The number of nitrogens with one attached hydrogen (secondary N) is 2. The van der Waals surface area contributed by atoms with E-state index in [2.05, 4.69) is 10.6 Å². The highest BCUT2D eigenvalue weighted by Crippen LogP contribution is 2.30. The van der Waals surface area contributed by atoms with Gasteiger partial charge in [-0.1, -0.05) is 37.3 Å². The molecule has 0 saturated carbocycles. The zero-order valence-corrected chi connectivity index (χ0v) is 28.5. The van der Waals surface area contributed by atoms with Crippen LogP contribution in [0.2, 0.25) is 0 Å². The summed E-state index contributed by atoms with van der Waals surface area (Å²) in [7, 11) is 1.89. The lowest BCUT2D eigenvalue weighted by atomic mass is 10.0. The second-order valence-electron chi connectivity index (χ2n) is 12.8. The number of benzene rings is 3. The Labute approximate surface area is 286 Å². The number of halogens is 3. The zero-order chi connectivity index (χ0) is 35.6. The van der Waals surface area contributed by atoms with E-state index in [1.807, 2.05) is 44.0 Å². The van der Waals surface area contributed by atoms with Crippen molar-refractivity contribution in [1.82, 2.24) is 9.80 Å². The number of carbonyl (C=O) groups is 2. The topological polar surface area (TPSA) is 103 Å². The average Bonchev–Trinajstić information content (AvgIpc) is 3.06. The molecule has 0 radical (unpaired) electrons. The van der Waals surface area contributed by atoms with Crippen LogP contribution in [0.3, 0.4) is 0 Å². The molecule has 4 atom stereocenters. The van der Waals surface area contributed by atoms with E-state index >= 15 is 0 Å². The molecule has 0 saturated heterocycles. The van der Waals surface area contributed by atoms with Gasteiger partial charge in [0.15, 0.2) is 0 Å². The molecule has 3 amide bonds. The van der Waals surface area contributed by atoms with Crippen LogP contribution in [-0.4, -0.2) is 78.4 Å². The number of likely N-dealkylation sites (N-methyl/N-ethyl adjacent to an activating group) is 1. The van der Waals surface area contributed by atoms with E-state index in [4.69, 9.17) is 9.47 Å². The maximum atomic E-state index is 14.3. The number of hydrogen-bond acceptors (Lipinski definition) is 6. The predicted octanol–water partition coefficient (Wildman–Crippen LogP) is 7.28. The van der Waals surface area contributed by atoms with Crippen LogP contribution >= 0.6 is 0 Å².